The highest BCUT2D eigenvalue weighted by Gasteiger charge is 2.24. The van der Waals surface area contributed by atoms with E-state index in [9.17, 15) is 9.59 Å². The molecule has 1 N–H and O–H groups in total. The minimum Gasteiger partial charge on any atom is -0.452 e. The van der Waals surface area contributed by atoms with Crippen molar-refractivity contribution in [2.24, 2.45) is 0 Å². The Morgan fingerprint density at radius 1 is 1.25 bits per heavy atom. The highest BCUT2D eigenvalue weighted by atomic mass is 35.5. The molecule has 1 amide bonds. The number of rotatable bonds is 5. The van der Waals surface area contributed by atoms with Gasteiger partial charge in [-0.05, 0) is 31.2 Å². The molecule has 0 saturated heterocycles. The number of aryl methyl sites for hydroxylation is 1. The number of anilines is 1. The average Bonchev–Trinajstić information content (AvgIpc) is 3.08. The van der Waals surface area contributed by atoms with Crippen molar-refractivity contribution >= 4 is 29.2 Å². The van der Waals surface area contributed by atoms with Gasteiger partial charge in [-0.25, -0.2) is 4.79 Å². The van der Waals surface area contributed by atoms with Gasteiger partial charge in [-0.3, -0.25) is 4.79 Å². The molecule has 0 spiro atoms. The van der Waals surface area contributed by atoms with Crippen LogP contribution in [0.2, 0.25) is 5.02 Å². The van der Waals surface area contributed by atoms with Crippen molar-refractivity contribution < 1.29 is 18.8 Å². The quantitative estimate of drug-likeness (QED) is 0.655. The first-order chi connectivity index (χ1) is 13.5. The smallest absolute Gasteiger partial charge is 0.344 e. The molecule has 2 aromatic carbocycles. The fourth-order valence-electron chi connectivity index (χ4n) is 2.52. The van der Waals surface area contributed by atoms with Gasteiger partial charge in [-0.1, -0.05) is 41.0 Å². The largest absolute Gasteiger partial charge is 0.452 e. The Morgan fingerprint density at radius 2 is 2.04 bits per heavy atom. The summed E-state index contributed by atoms with van der Waals surface area (Å²) >= 11 is 6.17. The van der Waals surface area contributed by atoms with Crippen molar-refractivity contribution in [1.29, 1.82) is 5.26 Å². The molecule has 1 heterocycles. The lowest BCUT2D eigenvalue weighted by Crippen LogP contribution is -2.21. The van der Waals surface area contributed by atoms with E-state index in [0.29, 0.717) is 21.8 Å². The van der Waals surface area contributed by atoms with E-state index in [1.165, 1.54) is 6.07 Å². The maximum absolute atomic E-state index is 12.5. The lowest BCUT2D eigenvalue weighted by molar-refractivity contribution is -0.119. The van der Waals surface area contributed by atoms with Gasteiger partial charge in [-0.2, -0.15) is 5.26 Å². The summed E-state index contributed by atoms with van der Waals surface area (Å²) in [5.41, 5.74) is 1.70. The van der Waals surface area contributed by atoms with Crippen LogP contribution in [-0.2, 0) is 9.53 Å². The van der Waals surface area contributed by atoms with Crippen LogP contribution in [-0.4, -0.2) is 23.6 Å². The summed E-state index contributed by atoms with van der Waals surface area (Å²) < 4.78 is 10.2. The third-order valence-electron chi connectivity index (χ3n) is 3.81. The third-order valence-corrected chi connectivity index (χ3v) is 4.14. The highest BCUT2D eigenvalue weighted by molar-refractivity contribution is 6.33. The molecule has 0 radical (unpaired) electrons. The second-order valence-corrected chi connectivity index (χ2v) is 6.17. The summed E-state index contributed by atoms with van der Waals surface area (Å²) in [6, 6.07) is 15.2. The molecule has 7 nitrogen and oxygen atoms in total. The summed E-state index contributed by atoms with van der Waals surface area (Å²) in [5.74, 6) is -1.05. The zero-order chi connectivity index (χ0) is 20.1. The number of nitrogens with zero attached hydrogens (tertiary/aromatic N) is 2. The number of nitriles is 1. The number of carbonyl (C=O) groups is 2. The number of esters is 1. The standard InChI is InChI=1S/C20H14ClN3O4/c1-12-18(19(24-28-12)15-7-2-3-8-16(15)21)20(26)27-11-17(25)23-14-6-4-5-13(9-14)10-22/h2-9H,11H2,1H3,(H,23,25). The van der Waals surface area contributed by atoms with E-state index in [2.05, 4.69) is 10.5 Å². The lowest BCUT2D eigenvalue weighted by Gasteiger charge is -2.07. The number of aromatic nitrogens is 1. The minimum atomic E-state index is -0.755. The Kier molecular flexibility index (Phi) is 5.72. The van der Waals surface area contributed by atoms with Crippen LogP contribution in [0.3, 0.4) is 0 Å². The van der Waals surface area contributed by atoms with E-state index < -0.39 is 18.5 Å². The Hall–Kier alpha value is -3.63. The van der Waals surface area contributed by atoms with Crippen LogP contribution in [0.1, 0.15) is 21.7 Å². The number of amides is 1. The van der Waals surface area contributed by atoms with Gasteiger partial charge in [0.25, 0.3) is 5.91 Å². The summed E-state index contributed by atoms with van der Waals surface area (Å²) in [7, 11) is 0. The van der Waals surface area contributed by atoms with Crippen LogP contribution in [0.4, 0.5) is 5.69 Å². The molecule has 1 aromatic heterocycles. The Morgan fingerprint density at radius 3 is 2.79 bits per heavy atom. The molecule has 3 rings (SSSR count). The van der Waals surface area contributed by atoms with Gasteiger partial charge in [0.05, 0.1) is 16.7 Å². The molecule has 0 unspecified atom stereocenters. The summed E-state index contributed by atoms with van der Waals surface area (Å²) in [4.78, 5) is 24.5. The predicted molar refractivity (Wildman–Crippen MR) is 102 cm³/mol. The van der Waals surface area contributed by atoms with Gasteiger partial charge in [0.1, 0.15) is 17.0 Å². The zero-order valence-corrected chi connectivity index (χ0v) is 15.5. The first kappa shape index (κ1) is 19.1. The highest BCUT2D eigenvalue weighted by Crippen LogP contribution is 2.31. The summed E-state index contributed by atoms with van der Waals surface area (Å²) in [5, 5.41) is 15.7. The molecule has 3 aromatic rings. The molecule has 140 valence electrons. The second kappa shape index (κ2) is 8.37. The van der Waals surface area contributed by atoms with Gasteiger partial charge in [-0.15, -0.1) is 0 Å². The van der Waals surface area contributed by atoms with Crippen molar-refractivity contribution in [2.45, 2.75) is 6.92 Å². The van der Waals surface area contributed by atoms with E-state index in [1.54, 1.807) is 49.4 Å². The fraction of sp³-hybridized carbons (Fsp3) is 0.100. The van der Waals surface area contributed by atoms with Gasteiger partial charge in [0, 0.05) is 11.3 Å². The number of halogens is 1. The number of ether oxygens (including phenoxy) is 1. The summed E-state index contributed by atoms with van der Waals surface area (Å²) in [6.45, 7) is 1.06. The van der Waals surface area contributed by atoms with E-state index in [-0.39, 0.29) is 17.0 Å². The monoisotopic (exact) mass is 395 g/mol. The number of benzene rings is 2. The minimum absolute atomic E-state index is 0.104. The van der Waals surface area contributed by atoms with Crippen LogP contribution in [0.25, 0.3) is 11.3 Å². The van der Waals surface area contributed by atoms with Crippen molar-refractivity contribution in [3.8, 4) is 17.3 Å². The van der Waals surface area contributed by atoms with Crippen LogP contribution < -0.4 is 5.32 Å². The first-order valence-electron chi connectivity index (χ1n) is 8.18. The van der Waals surface area contributed by atoms with Crippen LogP contribution in [0, 0.1) is 18.3 Å². The van der Waals surface area contributed by atoms with Crippen LogP contribution >= 0.6 is 11.6 Å². The third kappa shape index (κ3) is 4.19. The first-order valence-corrected chi connectivity index (χ1v) is 8.55. The number of hydrogen-bond acceptors (Lipinski definition) is 6. The molecule has 0 aliphatic carbocycles. The molecule has 0 saturated carbocycles. The maximum Gasteiger partial charge on any atom is 0.344 e. The van der Waals surface area contributed by atoms with Crippen molar-refractivity contribution in [2.75, 3.05) is 11.9 Å². The number of carbonyl (C=O) groups excluding carboxylic acids is 2. The molecule has 0 aliphatic rings. The predicted octanol–water partition coefficient (Wildman–Crippen LogP) is 3.97. The van der Waals surface area contributed by atoms with E-state index in [0.717, 1.165) is 0 Å². The molecular formula is C20H14ClN3O4. The molecular weight excluding hydrogens is 382 g/mol. The van der Waals surface area contributed by atoms with Crippen molar-refractivity contribution in [3.05, 3.63) is 70.4 Å². The molecule has 0 bridgehead atoms. The van der Waals surface area contributed by atoms with Gasteiger partial charge in [0.15, 0.2) is 6.61 Å². The molecule has 0 fully saturated rings. The fourth-order valence-corrected chi connectivity index (χ4v) is 2.74. The zero-order valence-electron chi connectivity index (χ0n) is 14.7. The molecule has 0 atom stereocenters. The van der Waals surface area contributed by atoms with E-state index in [1.807, 2.05) is 6.07 Å². The molecule has 8 heteroatoms. The van der Waals surface area contributed by atoms with Crippen LogP contribution in [0.15, 0.2) is 53.1 Å². The number of nitrogens with one attached hydrogen (secondary N) is 1. The van der Waals surface area contributed by atoms with E-state index in [4.69, 9.17) is 26.1 Å². The average molecular weight is 396 g/mol. The SMILES string of the molecule is Cc1onc(-c2ccccc2Cl)c1C(=O)OCC(=O)Nc1cccc(C#N)c1. The van der Waals surface area contributed by atoms with E-state index >= 15 is 0 Å². The topological polar surface area (TPSA) is 105 Å². The van der Waals surface area contributed by atoms with Crippen LogP contribution in [0.5, 0.6) is 0 Å². The molecule has 28 heavy (non-hydrogen) atoms. The Balaban J connectivity index is 1.70. The Labute approximate surface area is 165 Å². The normalized spacial score (nSPS) is 10.2. The number of hydrogen-bond donors (Lipinski definition) is 1. The maximum atomic E-state index is 12.5. The Bertz CT molecular complexity index is 1090. The van der Waals surface area contributed by atoms with Gasteiger partial charge in [0.2, 0.25) is 0 Å². The second-order valence-electron chi connectivity index (χ2n) is 5.76. The van der Waals surface area contributed by atoms with Crippen molar-refractivity contribution in [1.82, 2.24) is 5.16 Å². The molecule has 0 aliphatic heterocycles. The van der Waals surface area contributed by atoms with Crippen molar-refractivity contribution in [3.63, 3.8) is 0 Å². The summed E-state index contributed by atoms with van der Waals surface area (Å²) in [6.07, 6.45) is 0. The van der Waals surface area contributed by atoms with Gasteiger partial charge < -0.3 is 14.6 Å². The van der Waals surface area contributed by atoms with Gasteiger partial charge >= 0.3 is 5.97 Å². The lowest BCUT2D eigenvalue weighted by atomic mass is 10.1.